The van der Waals surface area contributed by atoms with E-state index in [1.807, 2.05) is 61.6 Å². The predicted molar refractivity (Wildman–Crippen MR) is 142 cm³/mol. The van der Waals surface area contributed by atoms with E-state index in [9.17, 15) is 9.90 Å². The molecule has 2 N–H and O–H groups in total. The third-order valence-electron chi connectivity index (χ3n) is 6.27. The van der Waals surface area contributed by atoms with Crippen LogP contribution in [0.25, 0.3) is 10.9 Å². The van der Waals surface area contributed by atoms with Crippen LogP contribution >= 0.6 is 0 Å². The Bertz CT molecular complexity index is 1410. The summed E-state index contributed by atoms with van der Waals surface area (Å²) in [5.74, 6) is -0.460. The van der Waals surface area contributed by atoms with Gasteiger partial charge in [-0.1, -0.05) is 48.5 Å². The number of hydrogen-bond donors (Lipinski definition) is 2. The third-order valence-corrected chi connectivity index (χ3v) is 6.27. The zero-order valence-electron chi connectivity index (χ0n) is 20.8. The van der Waals surface area contributed by atoms with Crippen molar-refractivity contribution in [3.05, 3.63) is 95.1 Å². The van der Waals surface area contributed by atoms with Crippen LogP contribution in [0.1, 0.15) is 27.0 Å². The lowest BCUT2D eigenvalue weighted by Crippen LogP contribution is -2.29. The lowest BCUT2D eigenvalue weighted by atomic mass is 10.00. The molecule has 0 saturated carbocycles. The molecular formula is C29H29N3O5. The van der Waals surface area contributed by atoms with Gasteiger partial charge in [-0.15, -0.1) is 0 Å². The number of rotatable bonds is 8. The summed E-state index contributed by atoms with van der Waals surface area (Å²) in [7, 11) is 3.38. The summed E-state index contributed by atoms with van der Waals surface area (Å²) in [4.78, 5) is 22.1. The Morgan fingerprint density at radius 1 is 1.05 bits per heavy atom. The monoisotopic (exact) mass is 499 g/mol. The van der Waals surface area contributed by atoms with Crippen LogP contribution in [0.5, 0.6) is 5.88 Å². The van der Waals surface area contributed by atoms with E-state index in [0.29, 0.717) is 42.1 Å². The highest BCUT2D eigenvalue weighted by Gasteiger charge is 2.20. The number of carbonyl (C=O) groups excluding carboxylic acids is 1. The molecule has 4 aromatic rings. The van der Waals surface area contributed by atoms with Gasteiger partial charge in [-0.25, -0.2) is 9.79 Å². The van der Waals surface area contributed by atoms with Gasteiger partial charge in [0.15, 0.2) is 12.2 Å². The number of aliphatic imine (C=N–C) groups is 1. The molecule has 1 fully saturated rings. The van der Waals surface area contributed by atoms with Gasteiger partial charge in [0.25, 0.3) is 0 Å². The lowest BCUT2D eigenvalue weighted by Gasteiger charge is -2.20. The van der Waals surface area contributed by atoms with Crippen LogP contribution in [0.2, 0.25) is 0 Å². The van der Waals surface area contributed by atoms with Gasteiger partial charge < -0.3 is 24.3 Å². The standard InChI is InChI=1S/C29H29N3O5/c1-32(18-25-36-14-15-37-25)17-19-8-11-22(12-9-19)30-27(20-6-4-3-5-7-20)26-23-13-10-21(29(34)35-2)16-24(23)31-28(26)33/h3-13,16,25,31,33H,14-15,17-18H2,1-2H3. The molecule has 0 amide bonds. The first-order valence-corrected chi connectivity index (χ1v) is 12.1. The number of aromatic hydroxyl groups is 1. The summed E-state index contributed by atoms with van der Waals surface area (Å²) in [6.07, 6.45) is -0.171. The molecule has 3 aromatic carbocycles. The number of aromatic nitrogens is 1. The van der Waals surface area contributed by atoms with Crippen molar-refractivity contribution >= 4 is 28.3 Å². The minimum Gasteiger partial charge on any atom is -0.494 e. The van der Waals surface area contributed by atoms with E-state index in [1.54, 1.807) is 18.2 Å². The number of fused-ring (bicyclic) bond motifs is 1. The average molecular weight is 500 g/mol. The lowest BCUT2D eigenvalue weighted by molar-refractivity contribution is -0.0592. The van der Waals surface area contributed by atoms with Gasteiger partial charge in [0.2, 0.25) is 0 Å². The molecule has 190 valence electrons. The molecule has 0 bridgehead atoms. The Balaban J connectivity index is 1.47. The second-order valence-electron chi connectivity index (χ2n) is 8.96. The van der Waals surface area contributed by atoms with Crippen molar-refractivity contribution in [2.45, 2.75) is 12.8 Å². The van der Waals surface area contributed by atoms with Crippen molar-refractivity contribution in [2.24, 2.45) is 4.99 Å². The van der Waals surface area contributed by atoms with Crippen molar-refractivity contribution in [1.82, 2.24) is 9.88 Å². The topological polar surface area (TPSA) is 96.4 Å². The van der Waals surface area contributed by atoms with Gasteiger partial charge in [0.1, 0.15) is 0 Å². The van der Waals surface area contributed by atoms with Gasteiger partial charge in [0.05, 0.1) is 42.8 Å². The van der Waals surface area contributed by atoms with Crippen molar-refractivity contribution < 1.29 is 24.1 Å². The number of hydrogen-bond acceptors (Lipinski definition) is 7. The molecule has 1 aliphatic heterocycles. The van der Waals surface area contributed by atoms with E-state index in [0.717, 1.165) is 28.7 Å². The summed E-state index contributed by atoms with van der Waals surface area (Å²) >= 11 is 0. The van der Waals surface area contributed by atoms with Crippen LogP contribution in [0, 0.1) is 0 Å². The van der Waals surface area contributed by atoms with E-state index >= 15 is 0 Å². The maximum absolute atomic E-state index is 12.0. The number of esters is 1. The number of nitrogens with one attached hydrogen (secondary N) is 1. The molecule has 0 atom stereocenters. The van der Waals surface area contributed by atoms with Crippen LogP contribution in [0.15, 0.2) is 77.8 Å². The average Bonchev–Trinajstić information content (AvgIpc) is 3.54. The number of H-pyrrole nitrogens is 1. The number of methoxy groups -OCH3 is 1. The Hall–Kier alpha value is -3.98. The highest BCUT2D eigenvalue weighted by molar-refractivity contribution is 6.22. The Kier molecular flexibility index (Phi) is 7.32. The predicted octanol–water partition coefficient (Wildman–Crippen LogP) is 4.63. The Morgan fingerprint density at radius 2 is 1.78 bits per heavy atom. The van der Waals surface area contributed by atoms with Gasteiger partial charge in [0, 0.05) is 29.6 Å². The fourth-order valence-corrected chi connectivity index (χ4v) is 4.48. The summed E-state index contributed by atoms with van der Waals surface area (Å²) in [5.41, 5.74) is 4.96. The SMILES string of the molecule is COC(=O)c1ccc2c(C(=Nc3ccc(CN(C)CC4OCCO4)cc3)c3ccccc3)c(O)[nH]c2c1. The molecule has 8 nitrogen and oxygen atoms in total. The van der Waals surface area contributed by atoms with Crippen molar-refractivity contribution in [3.8, 4) is 5.88 Å². The number of aromatic amines is 1. The van der Waals surface area contributed by atoms with Gasteiger partial charge in [-0.3, -0.25) is 4.90 Å². The molecule has 5 rings (SSSR count). The molecule has 8 heteroatoms. The van der Waals surface area contributed by atoms with Crippen LogP contribution in [0.4, 0.5) is 5.69 Å². The van der Waals surface area contributed by atoms with Gasteiger partial charge in [-0.05, 0) is 36.9 Å². The molecule has 1 aliphatic rings. The van der Waals surface area contributed by atoms with Crippen LogP contribution in [0.3, 0.4) is 0 Å². The number of ether oxygens (including phenoxy) is 3. The smallest absolute Gasteiger partial charge is 0.337 e. The summed E-state index contributed by atoms with van der Waals surface area (Å²) in [5, 5.41) is 11.7. The zero-order chi connectivity index (χ0) is 25.8. The van der Waals surface area contributed by atoms with Gasteiger partial charge >= 0.3 is 5.97 Å². The first-order valence-electron chi connectivity index (χ1n) is 12.1. The quantitative estimate of drug-likeness (QED) is 0.271. The maximum atomic E-state index is 12.0. The Labute approximate surface area is 215 Å². The molecular weight excluding hydrogens is 470 g/mol. The molecule has 1 aromatic heterocycles. The molecule has 0 aliphatic carbocycles. The molecule has 2 heterocycles. The second-order valence-corrected chi connectivity index (χ2v) is 8.96. The minimum atomic E-state index is -0.441. The molecule has 0 unspecified atom stereocenters. The van der Waals surface area contributed by atoms with Crippen molar-refractivity contribution in [1.29, 1.82) is 0 Å². The van der Waals surface area contributed by atoms with E-state index < -0.39 is 5.97 Å². The minimum absolute atomic E-state index is 0.0192. The maximum Gasteiger partial charge on any atom is 0.337 e. The zero-order valence-corrected chi connectivity index (χ0v) is 20.8. The summed E-state index contributed by atoms with van der Waals surface area (Å²) in [6.45, 7) is 2.75. The summed E-state index contributed by atoms with van der Waals surface area (Å²) < 4.78 is 15.9. The molecule has 0 radical (unpaired) electrons. The second kappa shape index (κ2) is 11.0. The van der Waals surface area contributed by atoms with Crippen LogP contribution in [-0.2, 0) is 20.8 Å². The summed E-state index contributed by atoms with van der Waals surface area (Å²) in [6, 6.07) is 22.9. The third kappa shape index (κ3) is 5.56. The number of benzene rings is 3. The van der Waals surface area contributed by atoms with E-state index in [4.69, 9.17) is 19.2 Å². The Morgan fingerprint density at radius 3 is 2.49 bits per heavy atom. The highest BCUT2D eigenvalue weighted by Crippen LogP contribution is 2.32. The molecule has 0 spiro atoms. The fraction of sp³-hybridized carbons (Fsp3) is 0.241. The number of carbonyl (C=O) groups is 1. The van der Waals surface area contributed by atoms with Crippen molar-refractivity contribution in [3.63, 3.8) is 0 Å². The highest BCUT2D eigenvalue weighted by atomic mass is 16.7. The number of nitrogens with zero attached hydrogens (tertiary/aromatic N) is 2. The van der Waals surface area contributed by atoms with E-state index in [-0.39, 0.29) is 12.2 Å². The molecule has 37 heavy (non-hydrogen) atoms. The first kappa shape index (κ1) is 24.7. The van der Waals surface area contributed by atoms with Crippen molar-refractivity contribution in [2.75, 3.05) is 33.9 Å². The first-order chi connectivity index (χ1) is 18.0. The van der Waals surface area contributed by atoms with Crippen LogP contribution < -0.4 is 0 Å². The van der Waals surface area contributed by atoms with Gasteiger partial charge in [-0.2, -0.15) is 0 Å². The largest absolute Gasteiger partial charge is 0.494 e. The van der Waals surface area contributed by atoms with Crippen LogP contribution in [-0.4, -0.2) is 66.9 Å². The van der Waals surface area contributed by atoms with E-state index in [1.165, 1.54) is 7.11 Å². The molecule has 1 saturated heterocycles. The number of likely N-dealkylation sites (N-methyl/N-ethyl adjacent to an activating group) is 1. The van der Waals surface area contributed by atoms with E-state index in [2.05, 4.69) is 9.88 Å². The fourth-order valence-electron chi connectivity index (χ4n) is 4.48. The normalized spacial score (nSPS) is 14.5.